The lowest BCUT2D eigenvalue weighted by atomic mass is 10.2. The van der Waals surface area contributed by atoms with Crippen molar-refractivity contribution >= 4 is 33.3 Å². The summed E-state index contributed by atoms with van der Waals surface area (Å²) in [6, 6.07) is 0. The molecule has 0 aliphatic rings. The maximum absolute atomic E-state index is 12.0. The Morgan fingerprint density at radius 1 is 1.33 bits per heavy atom. The van der Waals surface area contributed by atoms with Crippen LogP contribution in [-0.2, 0) is 4.74 Å². The molecule has 21 heavy (non-hydrogen) atoms. The number of aryl methyl sites for hydroxylation is 2. The zero-order valence-corrected chi connectivity index (χ0v) is 13.9. The number of thiophene rings is 1. The van der Waals surface area contributed by atoms with E-state index >= 15 is 0 Å². The van der Waals surface area contributed by atoms with Crippen molar-refractivity contribution in [2.75, 3.05) is 18.5 Å². The highest BCUT2D eigenvalue weighted by Gasteiger charge is 2.20. The molecule has 0 unspecified atom stereocenters. The number of anilines is 1. The largest absolute Gasteiger partial charge is 0.462 e. The van der Waals surface area contributed by atoms with Crippen molar-refractivity contribution in [3.05, 3.63) is 16.3 Å². The van der Waals surface area contributed by atoms with Crippen LogP contribution in [0, 0.1) is 19.8 Å². The van der Waals surface area contributed by atoms with Gasteiger partial charge in [-0.25, -0.2) is 14.8 Å². The van der Waals surface area contributed by atoms with Gasteiger partial charge in [-0.2, -0.15) is 0 Å². The van der Waals surface area contributed by atoms with E-state index in [1.54, 1.807) is 6.92 Å². The van der Waals surface area contributed by atoms with Crippen LogP contribution in [0.4, 0.5) is 5.82 Å². The molecule has 2 aromatic rings. The molecule has 2 heterocycles. The summed E-state index contributed by atoms with van der Waals surface area (Å²) in [6.07, 6.45) is 0. The molecule has 0 aliphatic heterocycles. The first kappa shape index (κ1) is 15.7. The number of esters is 1. The Bertz CT molecular complexity index is 664. The minimum absolute atomic E-state index is 0.287. The summed E-state index contributed by atoms with van der Waals surface area (Å²) >= 11 is 1.37. The second-order valence-corrected chi connectivity index (χ2v) is 6.35. The highest BCUT2D eigenvalue weighted by Crippen LogP contribution is 2.34. The first-order valence-corrected chi connectivity index (χ1v) is 7.94. The molecule has 114 valence electrons. The maximum atomic E-state index is 12.0. The Labute approximate surface area is 128 Å². The number of rotatable bonds is 5. The van der Waals surface area contributed by atoms with Crippen molar-refractivity contribution < 1.29 is 9.53 Å². The zero-order chi connectivity index (χ0) is 15.6. The fourth-order valence-electron chi connectivity index (χ4n) is 2.07. The summed E-state index contributed by atoms with van der Waals surface area (Å²) in [5, 5.41) is 4.28. The van der Waals surface area contributed by atoms with Crippen LogP contribution in [-0.4, -0.2) is 29.1 Å². The smallest absolute Gasteiger partial charge is 0.348 e. The van der Waals surface area contributed by atoms with Gasteiger partial charge in [-0.05, 0) is 32.3 Å². The lowest BCUT2D eigenvalue weighted by molar-refractivity contribution is 0.0531. The molecule has 1 N–H and O–H groups in total. The van der Waals surface area contributed by atoms with Crippen molar-refractivity contribution in [3.63, 3.8) is 0 Å². The van der Waals surface area contributed by atoms with E-state index in [4.69, 9.17) is 4.74 Å². The second-order valence-electron chi connectivity index (χ2n) is 5.35. The molecule has 2 rings (SSSR count). The van der Waals surface area contributed by atoms with E-state index in [0.29, 0.717) is 23.2 Å². The first-order valence-electron chi connectivity index (χ1n) is 7.12. The summed E-state index contributed by atoms with van der Waals surface area (Å²) in [6.45, 7) is 11.1. The number of hydrogen-bond donors (Lipinski definition) is 1. The quantitative estimate of drug-likeness (QED) is 0.856. The van der Waals surface area contributed by atoms with Crippen LogP contribution in [0.3, 0.4) is 0 Å². The first-order chi connectivity index (χ1) is 9.93. The predicted molar refractivity (Wildman–Crippen MR) is 86.2 cm³/mol. The van der Waals surface area contributed by atoms with E-state index in [0.717, 1.165) is 28.1 Å². The fraction of sp³-hybridized carbons (Fsp3) is 0.533. The van der Waals surface area contributed by atoms with E-state index in [1.165, 1.54) is 11.3 Å². The average Bonchev–Trinajstić information content (AvgIpc) is 2.73. The normalized spacial score (nSPS) is 11.1. The van der Waals surface area contributed by atoms with E-state index < -0.39 is 0 Å². The molecule has 0 atom stereocenters. The maximum Gasteiger partial charge on any atom is 0.348 e. The Kier molecular flexibility index (Phi) is 4.77. The van der Waals surface area contributed by atoms with E-state index in [-0.39, 0.29) is 5.97 Å². The third-order valence-electron chi connectivity index (χ3n) is 3.04. The van der Waals surface area contributed by atoms with Crippen LogP contribution in [0.25, 0.3) is 10.2 Å². The molecule has 5 nitrogen and oxygen atoms in total. The highest BCUT2D eigenvalue weighted by atomic mass is 32.1. The topological polar surface area (TPSA) is 64.1 Å². The SMILES string of the molecule is CCOC(=O)c1sc2nc(C)nc(NCC(C)C)c2c1C. The van der Waals surface area contributed by atoms with Gasteiger partial charge in [0.1, 0.15) is 21.3 Å². The van der Waals surface area contributed by atoms with Gasteiger partial charge in [-0.1, -0.05) is 13.8 Å². The molecular formula is C15H21N3O2S. The lowest BCUT2D eigenvalue weighted by Crippen LogP contribution is -2.10. The van der Waals surface area contributed by atoms with Crippen molar-refractivity contribution in [2.45, 2.75) is 34.6 Å². The van der Waals surface area contributed by atoms with Crippen LogP contribution in [0.1, 0.15) is 41.8 Å². The number of fused-ring (bicyclic) bond motifs is 1. The number of carbonyl (C=O) groups excluding carboxylic acids is 1. The highest BCUT2D eigenvalue weighted by molar-refractivity contribution is 7.20. The molecule has 0 fully saturated rings. The third kappa shape index (κ3) is 3.32. The monoisotopic (exact) mass is 307 g/mol. The van der Waals surface area contributed by atoms with Gasteiger partial charge in [0.25, 0.3) is 0 Å². The Morgan fingerprint density at radius 2 is 2.05 bits per heavy atom. The summed E-state index contributed by atoms with van der Waals surface area (Å²) in [4.78, 5) is 22.4. The summed E-state index contributed by atoms with van der Waals surface area (Å²) in [5.41, 5.74) is 0.889. The van der Waals surface area contributed by atoms with E-state index in [2.05, 4.69) is 29.1 Å². The number of carbonyl (C=O) groups is 1. The summed E-state index contributed by atoms with van der Waals surface area (Å²) in [5.74, 6) is 1.73. The number of ether oxygens (including phenoxy) is 1. The summed E-state index contributed by atoms with van der Waals surface area (Å²) in [7, 11) is 0. The molecule has 0 saturated heterocycles. The molecular weight excluding hydrogens is 286 g/mol. The molecule has 0 aliphatic carbocycles. The third-order valence-corrected chi connectivity index (χ3v) is 4.21. The van der Waals surface area contributed by atoms with Crippen LogP contribution in [0.2, 0.25) is 0 Å². The van der Waals surface area contributed by atoms with Gasteiger partial charge < -0.3 is 10.1 Å². The molecule has 0 saturated carbocycles. The predicted octanol–water partition coefficient (Wildman–Crippen LogP) is 3.55. The van der Waals surface area contributed by atoms with Gasteiger partial charge in [0.05, 0.1) is 12.0 Å². The van der Waals surface area contributed by atoms with E-state index in [1.807, 2.05) is 13.8 Å². The number of nitrogens with zero attached hydrogens (tertiary/aromatic N) is 2. The van der Waals surface area contributed by atoms with Gasteiger partial charge in [0.2, 0.25) is 0 Å². The lowest BCUT2D eigenvalue weighted by Gasteiger charge is -2.10. The minimum Gasteiger partial charge on any atom is -0.462 e. The number of hydrogen-bond acceptors (Lipinski definition) is 6. The Morgan fingerprint density at radius 3 is 2.67 bits per heavy atom. The number of nitrogens with one attached hydrogen (secondary N) is 1. The van der Waals surface area contributed by atoms with Gasteiger partial charge in [0, 0.05) is 6.54 Å². The van der Waals surface area contributed by atoms with Crippen molar-refractivity contribution in [1.82, 2.24) is 9.97 Å². The van der Waals surface area contributed by atoms with Crippen LogP contribution in [0.15, 0.2) is 0 Å². The minimum atomic E-state index is -0.287. The van der Waals surface area contributed by atoms with Gasteiger partial charge >= 0.3 is 5.97 Å². The van der Waals surface area contributed by atoms with Crippen LogP contribution in [0.5, 0.6) is 0 Å². The number of aromatic nitrogens is 2. The van der Waals surface area contributed by atoms with Gasteiger partial charge in [0.15, 0.2) is 0 Å². The van der Waals surface area contributed by atoms with E-state index in [9.17, 15) is 4.79 Å². The average molecular weight is 307 g/mol. The van der Waals surface area contributed by atoms with Crippen LogP contribution < -0.4 is 5.32 Å². The van der Waals surface area contributed by atoms with Gasteiger partial charge in [-0.15, -0.1) is 11.3 Å². The van der Waals surface area contributed by atoms with Crippen molar-refractivity contribution in [3.8, 4) is 0 Å². The van der Waals surface area contributed by atoms with Crippen LogP contribution >= 0.6 is 11.3 Å². The summed E-state index contributed by atoms with van der Waals surface area (Å²) < 4.78 is 5.11. The molecule has 0 aromatic carbocycles. The fourth-order valence-corrected chi connectivity index (χ4v) is 3.19. The Hall–Kier alpha value is -1.69. The van der Waals surface area contributed by atoms with Crippen molar-refractivity contribution in [2.24, 2.45) is 5.92 Å². The molecule has 0 amide bonds. The second kappa shape index (κ2) is 6.39. The standard InChI is InChI=1S/C15H21N3O2S/c1-6-20-15(19)12-9(4)11-13(16-7-8(2)3)17-10(5)18-14(11)21-12/h8H,6-7H2,1-5H3,(H,16,17,18). The molecule has 0 radical (unpaired) electrons. The molecule has 0 bridgehead atoms. The molecule has 0 spiro atoms. The van der Waals surface area contributed by atoms with Crippen molar-refractivity contribution in [1.29, 1.82) is 0 Å². The zero-order valence-electron chi connectivity index (χ0n) is 13.1. The van der Waals surface area contributed by atoms with Gasteiger partial charge in [-0.3, -0.25) is 0 Å². The molecule has 2 aromatic heterocycles. The Balaban J connectivity index is 2.51. The molecule has 6 heteroatoms.